The van der Waals surface area contributed by atoms with Gasteiger partial charge in [-0.25, -0.2) is 0 Å². The van der Waals surface area contributed by atoms with E-state index in [2.05, 4.69) is 5.32 Å². The lowest BCUT2D eigenvalue weighted by Crippen LogP contribution is -2.10. The van der Waals surface area contributed by atoms with Gasteiger partial charge in [-0.1, -0.05) is 25.5 Å². The summed E-state index contributed by atoms with van der Waals surface area (Å²) in [6.07, 6.45) is 3.07. The molecule has 1 aromatic rings. The quantitative estimate of drug-likeness (QED) is 0.780. The molecule has 98 valence electrons. The summed E-state index contributed by atoms with van der Waals surface area (Å²) in [4.78, 5) is 21.9. The van der Waals surface area contributed by atoms with Crippen LogP contribution in [0, 0.1) is 0 Å². The third-order valence-corrected chi connectivity index (χ3v) is 2.62. The van der Waals surface area contributed by atoms with Gasteiger partial charge in [0, 0.05) is 18.5 Å². The van der Waals surface area contributed by atoms with Crippen LogP contribution in [0.3, 0.4) is 0 Å². The summed E-state index contributed by atoms with van der Waals surface area (Å²) in [5, 5.41) is 11.4. The van der Waals surface area contributed by atoms with Crippen molar-refractivity contribution in [1.29, 1.82) is 0 Å². The second kappa shape index (κ2) is 7.48. The number of carbonyl (C=O) groups is 2. The van der Waals surface area contributed by atoms with E-state index >= 15 is 0 Å². The van der Waals surface area contributed by atoms with Crippen LogP contribution >= 0.6 is 0 Å². The number of aliphatic carboxylic acids is 1. The molecule has 4 nitrogen and oxygen atoms in total. The minimum Gasteiger partial charge on any atom is -0.481 e. The minimum absolute atomic E-state index is 0.0233. The second-order valence-electron chi connectivity index (χ2n) is 4.24. The molecule has 1 amide bonds. The molecule has 0 aliphatic rings. The van der Waals surface area contributed by atoms with Gasteiger partial charge < -0.3 is 10.4 Å². The van der Waals surface area contributed by atoms with Crippen molar-refractivity contribution in [2.24, 2.45) is 0 Å². The predicted molar refractivity (Wildman–Crippen MR) is 70.6 cm³/mol. The maximum absolute atomic E-state index is 11.5. The molecule has 0 aliphatic carbocycles. The second-order valence-corrected chi connectivity index (χ2v) is 4.24. The fourth-order valence-electron chi connectivity index (χ4n) is 1.57. The Balaban J connectivity index is 2.44. The third kappa shape index (κ3) is 5.48. The molecule has 0 aromatic heterocycles. The van der Waals surface area contributed by atoms with E-state index in [0.29, 0.717) is 12.8 Å². The number of benzene rings is 1. The van der Waals surface area contributed by atoms with E-state index in [9.17, 15) is 9.59 Å². The van der Waals surface area contributed by atoms with E-state index in [1.165, 1.54) is 0 Å². The van der Waals surface area contributed by atoms with Gasteiger partial charge in [0.15, 0.2) is 0 Å². The molecule has 0 bridgehead atoms. The van der Waals surface area contributed by atoms with Gasteiger partial charge in [-0.3, -0.25) is 9.59 Å². The highest BCUT2D eigenvalue weighted by Gasteiger charge is 2.02. The van der Waals surface area contributed by atoms with Crippen LogP contribution in [0.25, 0.3) is 0 Å². The lowest BCUT2D eigenvalue weighted by atomic mass is 10.1. The highest BCUT2D eigenvalue weighted by atomic mass is 16.4. The third-order valence-electron chi connectivity index (χ3n) is 2.62. The van der Waals surface area contributed by atoms with Gasteiger partial charge in [0.2, 0.25) is 5.91 Å². The Labute approximate surface area is 107 Å². The van der Waals surface area contributed by atoms with Crippen LogP contribution in [0.1, 0.15) is 38.2 Å². The number of carboxylic acid groups (broad SMARTS) is 1. The van der Waals surface area contributed by atoms with Gasteiger partial charge >= 0.3 is 5.97 Å². The Hall–Kier alpha value is -1.84. The Bertz CT molecular complexity index is 398. The highest BCUT2D eigenvalue weighted by molar-refractivity contribution is 5.90. The fourth-order valence-corrected chi connectivity index (χ4v) is 1.57. The smallest absolute Gasteiger partial charge is 0.303 e. The number of rotatable bonds is 7. The van der Waals surface area contributed by atoms with Crippen molar-refractivity contribution < 1.29 is 14.7 Å². The number of aryl methyl sites for hydroxylation is 1. The largest absolute Gasteiger partial charge is 0.481 e. The Kier molecular flexibility index (Phi) is 5.91. The summed E-state index contributed by atoms with van der Waals surface area (Å²) in [5.74, 6) is -0.776. The average molecular weight is 249 g/mol. The first-order valence-electron chi connectivity index (χ1n) is 6.22. The van der Waals surface area contributed by atoms with E-state index in [1.54, 1.807) is 12.1 Å². The number of hydrogen-bond acceptors (Lipinski definition) is 2. The van der Waals surface area contributed by atoms with Crippen LogP contribution < -0.4 is 5.32 Å². The van der Waals surface area contributed by atoms with E-state index in [-0.39, 0.29) is 12.3 Å². The van der Waals surface area contributed by atoms with Crippen molar-refractivity contribution in [3.05, 3.63) is 29.8 Å². The van der Waals surface area contributed by atoms with E-state index in [4.69, 9.17) is 5.11 Å². The SMILES string of the molecule is CCCCC(=O)Nc1ccc(CCC(=O)O)cc1. The lowest BCUT2D eigenvalue weighted by Gasteiger charge is -2.05. The number of amides is 1. The van der Waals surface area contributed by atoms with Crippen molar-refractivity contribution in [2.75, 3.05) is 5.32 Å². The van der Waals surface area contributed by atoms with Gasteiger partial charge in [-0.05, 0) is 30.5 Å². The molecule has 0 fully saturated rings. The molecule has 0 heterocycles. The minimum atomic E-state index is -0.799. The van der Waals surface area contributed by atoms with E-state index < -0.39 is 5.97 Å². The van der Waals surface area contributed by atoms with Crippen LogP contribution in [0.2, 0.25) is 0 Å². The first-order chi connectivity index (χ1) is 8.61. The average Bonchev–Trinajstić information content (AvgIpc) is 2.35. The van der Waals surface area contributed by atoms with Gasteiger partial charge in [0.25, 0.3) is 0 Å². The van der Waals surface area contributed by atoms with Crippen molar-refractivity contribution in [2.45, 2.75) is 39.0 Å². The van der Waals surface area contributed by atoms with Crippen LogP contribution in [0.5, 0.6) is 0 Å². The van der Waals surface area contributed by atoms with Gasteiger partial charge in [-0.15, -0.1) is 0 Å². The van der Waals surface area contributed by atoms with E-state index in [0.717, 1.165) is 24.1 Å². The molecule has 0 saturated carbocycles. The molecule has 1 rings (SSSR count). The molecule has 0 aliphatic heterocycles. The number of anilines is 1. The van der Waals surface area contributed by atoms with E-state index in [1.807, 2.05) is 19.1 Å². The number of carbonyl (C=O) groups excluding carboxylic acids is 1. The van der Waals surface area contributed by atoms with Crippen molar-refractivity contribution in [1.82, 2.24) is 0 Å². The maximum atomic E-state index is 11.5. The summed E-state index contributed by atoms with van der Waals surface area (Å²) < 4.78 is 0. The molecule has 2 N–H and O–H groups in total. The van der Waals surface area contributed by atoms with Crippen molar-refractivity contribution in [3.8, 4) is 0 Å². The first-order valence-corrected chi connectivity index (χ1v) is 6.22. The number of unbranched alkanes of at least 4 members (excludes halogenated alkanes) is 1. The zero-order chi connectivity index (χ0) is 13.4. The molecular weight excluding hydrogens is 230 g/mol. The molecule has 0 atom stereocenters. The summed E-state index contributed by atoms with van der Waals surface area (Å²) in [6, 6.07) is 7.30. The molecule has 0 saturated heterocycles. The highest BCUT2D eigenvalue weighted by Crippen LogP contribution is 2.12. The number of nitrogens with one attached hydrogen (secondary N) is 1. The summed E-state index contributed by atoms with van der Waals surface area (Å²) in [7, 11) is 0. The van der Waals surface area contributed by atoms with Crippen LogP contribution in [0.4, 0.5) is 5.69 Å². The molecule has 4 heteroatoms. The standard InChI is InChI=1S/C14H19NO3/c1-2-3-4-13(16)15-12-8-5-11(6-9-12)7-10-14(17)18/h5-6,8-9H,2-4,7,10H2,1H3,(H,15,16)(H,17,18). The maximum Gasteiger partial charge on any atom is 0.303 e. The fraction of sp³-hybridized carbons (Fsp3) is 0.429. The lowest BCUT2D eigenvalue weighted by molar-refractivity contribution is -0.137. The Morgan fingerprint density at radius 3 is 2.39 bits per heavy atom. The number of hydrogen-bond donors (Lipinski definition) is 2. The Morgan fingerprint density at radius 2 is 1.83 bits per heavy atom. The zero-order valence-corrected chi connectivity index (χ0v) is 10.6. The first kappa shape index (κ1) is 14.2. The summed E-state index contributed by atoms with van der Waals surface area (Å²) in [5.41, 5.74) is 1.72. The normalized spacial score (nSPS) is 10.1. The summed E-state index contributed by atoms with van der Waals surface area (Å²) in [6.45, 7) is 2.05. The molecule has 0 spiro atoms. The monoisotopic (exact) mass is 249 g/mol. The van der Waals surface area contributed by atoms with Crippen molar-refractivity contribution in [3.63, 3.8) is 0 Å². The Morgan fingerprint density at radius 1 is 1.17 bits per heavy atom. The van der Waals surface area contributed by atoms with Crippen molar-refractivity contribution >= 4 is 17.6 Å². The molecule has 1 aromatic carbocycles. The predicted octanol–water partition coefficient (Wildman–Crippen LogP) is 2.83. The topological polar surface area (TPSA) is 66.4 Å². The zero-order valence-electron chi connectivity index (χ0n) is 10.6. The molecule has 18 heavy (non-hydrogen) atoms. The molecular formula is C14H19NO3. The van der Waals surface area contributed by atoms with Crippen LogP contribution in [0.15, 0.2) is 24.3 Å². The number of carboxylic acids is 1. The van der Waals surface area contributed by atoms with Gasteiger partial charge in [0.1, 0.15) is 0 Å². The van der Waals surface area contributed by atoms with Crippen LogP contribution in [-0.4, -0.2) is 17.0 Å². The summed E-state index contributed by atoms with van der Waals surface area (Å²) >= 11 is 0. The molecule has 0 radical (unpaired) electrons. The van der Waals surface area contributed by atoms with Gasteiger partial charge in [0.05, 0.1) is 0 Å². The van der Waals surface area contributed by atoms with Crippen LogP contribution in [-0.2, 0) is 16.0 Å². The van der Waals surface area contributed by atoms with Gasteiger partial charge in [-0.2, -0.15) is 0 Å². The molecule has 0 unspecified atom stereocenters.